The number of carbonyl (C=O) groups is 2. The van der Waals surface area contributed by atoms with E-state index in [-0.39, 0.29) is 11.5 Å². The Labute approximate surface area is 165 Å². The quantitative estimate of drug-likeness (QED) is 0.501. The van der Waals surface area contributed by atoms with Gasteiger partial charge in [0.25, 0.3) is 0 Å². The second kappa shape index (κ2) is 9.64. The van der Waals surface area contributed by atoms with Crippen molar-refractivity contribution in [3.05, 3.63) is 58.8 Å². The number of hydrogen-bond acceptors (Lipinski definition) is 6. The molecule has 1 amide bonds. The number of benzene rings is 1. The number of anilines is 1. The summed E-state index contributed by atoms with van der Waals surface area (Å²) in [6.45, 7) is 4.43. The summed E-state index contributed by atoms with van der Waals surface area (Å²) in [6.07, 6.45) is 3.81. The molecule has 0 aliphatic heterocycles. The monoisotopic (exact) mass is 385 g/mol. The molecule has 2 aromatic rings. The maximum Gasteiger partial charge on any atom is 0.209 e. The van der Waals surface area contributed by atoms with E-state index in [2.05, 4.69) is 17.6 Å². The van der Waals surface area contributed by atoms with Crippen molar-refractivity contribution in [2.45, 2.75) is 33.2 Å². The average Bonchev–Trinajstić information content (AvgIpc) is 3.14. The number of aryl methyl sites for hydroxylation is 2. The molecule has 1 aromatic heterocycles. The molecule has 0 atom stereocenters. The fourth-order valence-electron chi connectivity index (χ4n) is 2.49. The highest BCUT2D eigenvalue weighted by Gasteiger charge is 2.28. The number of hydrogen-bond donors (Lipinski definition) is 3. The lowest BCUT2D eigenvalue weighted by Gasteiger charge is -2.25. The Balaban J connectivity index is 0.000000500. The Hall–Kier alpha value is -3.22. The lowest BCUT2D eigenvalue weighted by molar-refractivity contribution is -0.117. The molecular weight excluding hydrogens is 358 g/mol. The largest absolute Gasteiger partial charge is 0.505 e. The second-order valence-electron chi connectivity index (χ2n) is 6.75. The summed E-state index contributed by atoms with van der Waals surface area (Å²) < 4.78 is 5.46. The third-order valence-corrected chi connectivity index (χ3v) is 4.22. The highest BCUT2D eigenvalue weighted by Crippen LogP contribution is 2.31. The number of para-hydroxylation sites is 1. The predicted octanol–water partition coefficient (Wildman–Crippen LogP) is 2.95. The summed E-state index contributed by atoms with van der Waals surface area (Å²) in [5.74, 6) is 1.03. The molecule has 1 heterocycles. The smallest absolute Gasteiger partial charge is 0.209 e. The number of rotatable bonds is 7. The van der Waals surface area contributed by atoms with Crippen LogP contribution in [0.15, 0.2) is 46.3 Å². The molecule has 28 heavy (non-hydrogen) atoms. The summed E-state index contributed by atoms with van der Waals surface area (Å²) in [5.41, 5.74) is 3.81. The van der Waals surface area contributed by atoms with Gasteiger partial charge in [0.1, 0.15) is 17.2 Å². The van der Waals surface area contributed by atoms with E-state index >= 15 is 0 Å². The Bertz CT molecular complexity index is 868. The standard InChI is InChI=1S/C18H20N2O3.C3H7NO/c1-3-12-7-13(23-10-12)9-19-15-8-16(21)17(15)20-14-6-4-5-11(2)18(14)22;1-4(2)3-5/h4-7,10,19-20,22H,3,8-9H2,1-2H3;3H,1-2H3. The first kappa shape index (κ1) is 21.1. The van der Waals surface area contributed by atoms with Crippen molar-refractivity contribution in [1.29, 1.82) is 0 Å². The van der Waals surface area contributed by atoms with Crippen LogP contribution in [0.1, 0.15) is 30.2 Å². The SMILES string of the molecule is CCc1coc(CNC2=C(Nc3cccc(C)c3O)C(=O)C2)c1.CN(C)C=O. The van der Waals surface area contributed by atoms with E-state index in [4.69, 9.17) is 4.42 Å². The van der Waals surface area contributed by atoms with Crippen molar-refractivity contribution in [3.8, 4) is 5.75 Å². The molecule has 150 valence electrons. The minimum atomic E-state index is 0.0297. The van der Waals surface area contributed by atoms with Crippen LogP contribution in [0.2, 0.25) is 0 Å². The van der Waals surface area contributed by atoms with Crippen LogP contribution in [-0.4, -0.2) is 36.3 Å². The van der Waals surface area contributed by atoms with Crippen LogP contribution in [0.4, 0.5) is 5.69 Å². The van der Waals surface area contributed by atoms with Crippen LogP contribution in [0, 0.1) is 6.92 Å². The van der Waals surface area contributed by atoms with Gasteiger partial charge in [0.2, 0.25) is 6.41 Å². The van der Waals surface area contributed by atoms with Crippen molar-refractivity contribution in [2.24, 2.45) is 0 Å². The van der Waals surface area contributed by atoms with Gasteiger partial charge in [0.15, 0.2) is 5.78 Å². The third kappa shape index (κ3) is 5.39. The zero-order chi connectivity index (χ0) is 20.7. The lowest BCUT2D eigenvalue weighted by atomic mass is 9.98. The minimum absolute atomic E-state index is 0.0297. The maximum atomic E-state index is 11.8. The molecule has 7 nitrogen and oxygen atoms in total. The van der Waals surface area contributed by atoms with Crippen LogP contribution < -0.4 is 10.6 Å². The number of allylic oxidation sites excluding steroid dienone is 2. The van der Waals surface area contributed by atoms with Gasteiger partial charge in [-0.25, -0.2) is 0 Å². The van der Waals surface area contributed by atoms with E-state index in [0.29, 0.717) is 24.4 Å². The number of aromatic hydroxyl groups is 1. The Kier molecular flexibility index (Phi) is 7.26. The second-order valence-corrected chi connectivity index (χ2v) is 6.75. The molecule has 1 aromatic carbocycles. The molecule has 0 saturated carbocycles. The highest BCUT2D eigenvalue weighted by atomic mass is 16.3. The molecule has 7 heteroatoms. The Morgan fingerprint density at radius 3 is 2.61 bits per heavy atom. The van der Waals surface area contributed by atoms with E-state index in [0.717, 1.165) is 35.4 Å². The van der Waals surface area contributed by atoms with Gasteiger partial charge in [-0.15, -0.1) is 0 Å². The number of carbonyl (C=O) groups excluding carboxylic acids is 2. The molecule has 1 aliphatic carbocycles. The van der Waals surface area contributed by atoms with Gasteiger partial charge in [0.05, 0.1) is 24.9 Å². The molecule has 0 saturated heterocycles. The van der Waals surface area contributed by atoms with Crippen LogP contribution in [0.3, 0.4) is 0 Å². The topological polar surface area (TPSA) is 94.8 Å². The maximum absolute atomic E-state index is 11.8. The number of Topliss-reactive ketones (excluding diaryl/α,β-unsaturated/α-hetero) is 1. The number of nitrogens with one attached hydrogen (secondary N) is 2. The normalized spacial score (nSPS) is 12.6. The molecule has 1 aliphatic rings. The molecule has 0 bridgehead atoms. The summed E-state index contributed by atoms with van der Waals surface area (Å²) in [5, 5.41) is 16.3. The molecule has 0 unspecified atom stereocenters. The summed E-state index contributed by atoms with van der Waals surface area (Å²) in [6, 6.07) is 7.41. The zero-order valence-electron chi connectivity index (χ0n) is 16.7. The van der Waals surface area contributed by atoms with E-state index in [1.807, 2.05) is 25.1 Å². The summed E-state index contributed by atoms with van der Waals surface area (Å²) in [7, 11) is 3.38. The lowest BCUT2D eigenvalue weighted by Crippen LogP contribution is -2.32. The molecule has 0 fully saturated rings. The summed E-state index contributed by atoms with van der Waals surface area (Å²) >= 11 is 0. The van der Waals surface area contributed by atoms with Crippen LogP contribution >= 0.6 is 0 Å². The zero-order valence-corrected chi connectivity index (χ0v) is 16.7. The van der Waals surface area contributed by atoms with E-state index in [9.17, 15) is 14.7 Å². The number of ketones is 1. The van der Waals surface area contributed by atoms with Gasteiger partial charge in [-0.3, -0.25) is 9.59 Å². The first-order chi connectivity index (χ1) is 13.3. The van der Waals surface area contributed by atoms with Gasteiger partial charge in [-0.2, -0.15) is 0 Å². The van der Waals surface area contributed by atoms with Crippen molar-refractivity contribution in [3.63, 3.8) is 0 Å². The van der Waals surface area contributed by atoms with Crippen molar-refractivity contribution < 1.29 is 19.1 Å². The number of phenolic OH excluding ortho intramolecular Hbond substituents is 1. The molecular formula is C21H27N3O4. The van der Waals surface area contributed by atoms with Crippen molar-refractivity contribution in [1.82, 2.24) is 10.2 Å². The van der Waals surface area contributed by atoms with Crippen LogP contribution in [-0.2, 0) is 22.6 Å². The third-order valence-electron chi connectivity index (χ3n) is 4.22. The van der Waals surface area contributed by atoms with Crippen LogP contribution in [0.5, 0.6) is 5.75 Å². The first-order valence-electron chi connectivity index (χ1n) is 9.09. The van der Waals surface area contributed by atoms with E-state index in [1.165, 1.54) is 4.90 Å². The van der Waals surface area contributed by atoms with E-state index < -0.39 is 0 Å². The number of nitrogens with zero attached hydrogens (tertiary/aromatic N) is 1. The first-order valence-corrected chi connectivity index (χ1v) is 9.09. The van der Waals surface area contributed by atoms with Gasteiger partial charge in [-0.1, -0.05) is 19.1 Å². The number of amides is 1. The fraction of sp³-hybridized carbons (Fsp3) is 0.333. The summed E-state index contributed by atoms with van der Waals surface area (Å²) in [4.78, 5) is 22.7. The molecule has 0 spiro atoms. The Morgan fingerprint density at radius 1 is 1.32 bits per heavy atom. The van der Waals surface area contributed by atoms with Crippen molar-refractivity contribution >= 4 is 17.9 Å². The molecule has 3 N–H and O–H groups in total. The van der Waals surface area contributed by atoms with E-state index in [1.54, 1.807) is 26.4 Å². The minimum Gasteiger partial charge on any atom is -0.505 e. The molecule has 3 rings (SSSR count). The number of phenols is 1. The predicted molar refractivity (Wildman–Crippen MR) is 108 cm³/mol. The highest BCUT2D eigenvalue weighted by molar-refractivity contribution is 6.06. The number of furan rings is 1. The van der Waals surface area contributed by atoms with Crippen LogP contribution in [0.25, 0.3) is 0 Å². The Morgan fingerprint density at radius 2 is 2.04 bits per heavy atom. The van der Waals surface area contributed by atoms with Gasteiger partial charge < -0.3 is 25.1 Å². The fourth-order valence-corrected chi connectivity index (χ4v) is 2.49. The molecule has 0 radical (unpaired) electrons. The van der Waals surface area contributed by atoms with Crippen molar-refractivity contribution in [2.75, 3.05) is 19.4 Å². The average molecular weight is 385 g/mol. The van der Waals surface area contributed by atoms with Gasteiger partial charge in [0, 0.05) is 19.8 Å². The van der Waals surface area contributed by atoms with Gasteiger partial charge in [-0.05, 0) is 36.6 Å². The van der Waals surface area contributed by atoms with Gasteiger partial charge >= 0.3 is 0 Å².